The molecule has 1 heterocycles. The normalized spacial score (nSPS) is 21.6. The molecular formula is C12H15BrFNO. The lowest BCUT2D eigenvalue weighted by atomic mass is 10.1. The van der Waals surface area contributed by atoms with Crippen LogP contribution in [0.25, 0.3) is 0 Å². The predicted octanol–water partition coefficient (Wildman–Crippen LogP) is 2.20. The average Bonchev–Trinajstić information content (AvgIpc) is 2.66. The fourth-order valence-electron chi connectivity index (χ4n) is 2.00. The number of nitrogens with zero attached hydrogens (tertiary/aromatic N) is 1. The predicted molar refractivity (Wildman–Crippen MR) is 64.9 cm³/mol. The molecule has 0 spiro atoms. The number of hydrogen-bond acceptors (Lipinski definition) is 2. The van der Waals surface area contributed by atoms with Crippen LogP contribution in [0, 0.1) is 5.82 Å². The van der Waals surface area contributed by atoms with Gasteiger partial charge in [0.25, 0.3) is 0 Å². The second-order valence-electron chi connectivity index (χ2n) is 4.24. The lowest BCUT2D eigenvalue weighted by Gasteiger charge is -2.14. The molecule has 0 aliphatic carbocycles. The average molecular weight is 288 g/mol. The summed E-state index contributed by atoms with van der Waals surface area (Å²) in [5.74, 6) is -0.222. The molecule has 1 unspecified atom stereocenters. The van der Waals surface area contributed by atoms with Crippen LogP contribution in [0.3, 0.4) is 0 Å². The van der Waals surface area contributed by atoms with E-state index in [1.165, 1.54) is 6.07 Å². The number of halogens is 2. The van der Waals surface area contributed by atoms with Crippen LogP contribution in [-0.4, -0.2) is 35.7 Å². The minimum atomic E-state index is -0.222. The molecule has 1 saturated heterocycles. The maximum absolute atomic E-state index is 13.0. The molecule has 88 valence electrons. The molecule has 16 heavy (non-hydrogen) atoms. The molecule has 2 rings (SSSR count). The van der Waals surface area contributed by atoms with Gasteiger partial charge in [-0.3, -0.25) is 0 Å². The minimum absolute atomic E-state index is 0.167. The molecule has 2 nitrogen and oxygen atoms in total. The number of likely N-dealkylation sites (tertiary alicyclic amines) is 1. The summed E-state index contributed by atoms with van der Waals surface area (Å²) in [6.07, 6.45) is 1.60. The highest BCUT2D eigenvalue weighted by Crippen LogP contribution is 2.18. The van der Waals surface area contributed by atoms with Gasteiger partial charge in [-0.1, -0.05) is 6.07 Å². The van der Waals surface area contributed by atoms with Crippen LogP contribution in [0.2, 0.25) is 0 Å². The zero-order chi connectivity index (χ0) is 11.5. The van der Waals surface area contributed by atoms with E-state index in [1.807, 2.05) is 12.1 Å². The summed E-state index contributed by atoms with van der Waals surface area (Å²) >= 11 is 3.18. The summed E-state index contributed by atoms with van der Waals surface area (Å²) in [5.41, 5.74) is 1.12. The Kier molecular flexibility index (Phi) is 3.95. The van der Waals surface area contributed by atoms with Gasteiger partial charge >= 0.3 is 0 Å². The van der Waals surface area contributed by atoms with Gasteiger partial charge in [0.15, 0.2) is 0 Å². The molecule has 1 atom stereocenters. The number of aliphatic hydroxyl groups excluding tert-OH is 1. The third-order valence-corrected chi connectivity index (χ3v) is 3.56. The van der Waals surface area contributed by atoms with E-state index in [1.54, 1.807) is 0 Å². The maximum Gasteiger partial charge on any atom is 0.137 e. The van der Waals surface area contributed by atoms with Crippen LogP contribution in [0.1, 0.15) is 12.0 Å². The van der Waals surface area contributed by atoms with Crippen LogP contribution in [0.15, 0.2) is 22.7 Å². The van der Waals surface area contributed by atoms with Crippen molar-refractivity contribution < 1.29 is 9.50 Å². The van der Waals surface area contributed by atoms with Crippen molar-refractivity contribution in [1.82, 2.24) is 4.90 Å². The van der Waals surface area contributed by atoms with Gasteiger partial charge in [-0.05, 0) is 46.5 Å². The monoisotopic (exact) mass is 287 g/mol. The van der Waals surface area contributed by atoms with Gasteiger partial charge in [-0.25, -0.2) is 4.39 Å². The summed E-state index contributed by atoms with van der Waals surface area (Å²) in [7, 11) is 0. The summed E-state index contributed by atoms with van der Waals surface area (Å²) in [5, 5.41) is 9.38. The molecule has 1 aliphatic heterocycles. The van der Waals surface area contributed by atoms with Gasteiger partial charge < -0.3 is 10.0 Å². The van der Waals surface area contributed by atoms with Gasteiger partial charge in [-0.15, -0.1) is 0 Å². The van der Waals surface area contributed by atoms with Crippen molar-refractivity contribution in [2.45, 2.75) is 18.9 Å². The summed E-state index contributed by atoms with van der Waals surface area (Å²) < 4.78 is 13.5. The Labute approximate surface area is 103 Å². The van der Waals surface area contributed by atoms with Crippen LogP contribution in [-0.2, 0) is 6.42 Å². The van der Waals surface area contributed by atoms with E-state index in [0.29, 0.717) is 4.47 Å². The van der Waals surface area contributed by atoms with Crippen molar-refractivity contribution in [2.24, 2.45) is 0 Å². The quantitative estimate of drug-likeness (QED) is 0.921. The van der Waals surface area contributed by atoms with Crippen LogP contribution in [0.4, 0.5) is 4.39 Å². The van der Waals surface area contributed by atoms with Gasteiger partial charge in [0, 0.05) is 19.6 Å². The highest BCUT2D eigenvalue weighted by molar-refractivity contribution is 9.10. The maximum atomic E-state index is 13.0. The lowest BCUT2D eigenvalue weighted by Crippen LogP contribution is -2.24. The highest BCUT2D eigenvalue weighted by atomic mass is 79.9. The number of rotatable bonds is 3. The van der Waals surface area contributed by atoms with Crippen molar-refractivity contribution in [3.05, 3.63) is 34.1 Å². The summed E-state index contributed by atoms with van der Waals surface area (Å²) in [6, 6.07) is 5.12. The molecule has 1 aromatic rings. The standard InChI is InChI=1S/C12H15BrFNO/c13-11-7-9(1-2-12(11)14)3-5-15-6-4-10(16)8-15/h1-2,7,10,16H,3-6,8H2. The Morgan fingerprint density at radius 1 is 1.50 bits per heavy atom. The molecule has 1 N–H and O–H groups in total. The molecular weight excluding hydrogens is 273 g/mol. The Balaban J connectivity index is 1.87. The first-order valence-corrected chi connectivity index (χ1v) is 6.29. The molecule has 0 saturated carbocycles. The van der Waals surface area contributed by atoms with E-state index in [9.17, 15) is 9.50 Å². The first-order chi connectivity index (χ1) is 7.65. The second-order valence-corrected chi connectivity index (χ2v) is 5.10. The fraction of sp³-hybridized carbons (Fsp3) is 0.500. The summed E-state index contributed by atoms with van der Waals surface area (Å²) in [6.45, 7) is 2.65. The smallest absolute Gasteiger partial charge is 0.137 e. The number of β-amino-alcohol motifs (C(OH)–C–C–N with tert-alkyl or cyclic N) is 1. The molecule has 4 heteroatoms. The number of aliphatic hydroxyl groups is 1. The zero-order valence-corrected chi connectivity index (χ0v) is 10.6. The topological polar surface area (TPSA) is 23.5 Å². The van der Waals surface area contributed by atoms with Gasteiger partial charge in [0.05, 0.1) is 10.6 Å². The molecule has 0 amide bonds. The third kappa shape index (κ3) is 3.03. The van der Waals surface area contributed by atoms with Crippen molar-refractivity contribution in [3.8, 4) is 0 Å². The van der Waals surface area contributed by atoms with Crippen molar-refractivity contribution in [1.29, 1.82) is 0 Å². The largest absolute Gasteiger partial charge is 0.392 e. The van der Waals surface area contributed by atoms with E-state index in [-0.39, 0.29) is 11.9 Å². The first-order valence-electron chi connectivity index (χ1n) is 5.49. The van der Waals surface area contributed by atoms with Crippen LogP contribution >= 0.6 is 15.9 Å². The van der Waals surface area contributed by atoms with E-state index in [4.69, 9.17) is 0 Å². The molecule has 1 aromatic carbocycles. The zero-order valence-electron chi connectivity index (χ0n) is 9.00. The Bertz CT molecular complexity index is 372. The second kappa shape index (κ2) is 5.25. The Hall–Kier alpha value is -0.450. The highest BCUT2D eigenvalue weighted by Gasteiger charge is 2.19. The number of hydrogen-bond donors (Lipinski definition) is 1. The van der Waals surface area contributed by atoms with E-state index in [2.05, 4.69) is 20.8 Å². The van der Waals surface area contributed by atoms with Crippen LogP contribution in [0.5, 0.6) is 0 Å². The fourth-order valence-corrected chi connectivity index (χ4v) is 2.42. The van der Waals surface area contributed by atoms with Gasteiger partial charge in [-0.2, -0.15) is 0 Å². The van der Waals surface area contributed by atoms with E-state index < -0.39 is 0 Å². The Morgan fingerprint density at radius 2 is 2.31 bits per heavy atom. The molecule has 0 aromatic heterocycles. The van der Waals surface area contributed by atoms with Gasteiger partial charge in [0.2, 0.25) is 0 Å². The molecule has 0 bridgehead atoms. The van der Waals surface area contributed by atoms with Gasteiger partial charge in [0.1, 0.15) is 5.82 Å². The third-order valence-electron chi connectivity index (χ3n) is 2.95. The molecule has 1 fully saturated rings. The van der Waals surface area contributed by atoms with E-state index >= 15 is 0 Å². The Morgan fingerprint density at radius 3 is 2.94 bits per heavy atom. The van der Waals surface area contributed by atoms with Crippen molar-refractivity contribution in [2.75, 3.05) is 19.6 Å². The van der Waals surface area contributed by atoms with Crippen molar-refractivity contribution in [3.63, 3.8) is 0 Å². The lowest BCUT2D eigenvalue weighted by molar-refractivity contribution is 0.177. The minimum Gasteiger partial charge on any atom is -0.392 e. The SMILES string of the molecule is OC1CCN(CCc2ccc(F)c(Br)c2)C1. The first kappa shape index (κ1) is 12.0. The molecule has 1 aliphatic rings. The summed E-state index contributed by atoms with van der Waals surface area (Å²) in [4.78, 5) is 2.24. The van der Waals surface area contributed by atoms with Crippen LogP contribution < -0.4 is 0 Å². The molecule has 0 radical (unpaired) electrons. The number of benzene rings is 1. The van der Waals surface area contributed by atoms with E-state index in [0.717, 1.165) is 38.0 Å². The van der Waals surface area contributed by atoms with Crippen molar-refractivity contribution >= 4 is 15.9 Å².